The van der Waals surface area contributed by atoms with E-state index in [0.29, 0.717) is 10.6 Å². The number of methoxy groups -OCH3 is 1. The lowest BCUT2D eigenvalue weighted by molar-refractivity contribution is -0.124. The molecule has 8 heteroatoms. The van der Waals surface area contributed by atoms with Crippen molar-refractivity contribution in [2.75, 3.05) is 13.7 Å². The van der Waals surface area contributed by atoms with Crippen molar-refractivity contribution in [3.8, 4) is 10.6 Å². The quantitative estimate of drug-likeness (QED) is 0.602. The summed E-state index contributed by atoms with van der Waals surface area (Å²) < 4.78 is 9.65. The van der Waals surface area contributed by atoms with Crippen LogP contribution in [0, 0.1) is 0 Å². The molecular weight excluding hydrogens is 392 g/mol. The molecule has 2 aromatic carbocycles. The summed E-state index contributed by atoms with van der Waals surface area (Å²) in [5.74, 6) is -1.51. The van der Waals surface area contributed by atoms with Gasteiger partial charge in [-0.05, 0) is 17.7 Å². The molecule has 1 aromatic heterocycles. The number of amides is 1. The van der Waals surface area contributed by atoms with Crippen molar-refractivity contribution in [3.63, 3.8) is 0 Å². The molecular formula is C21H18N2O5S. The Kier molecular flexibility index (Phi) is 6.70. The highest BCUT2D eigenvalue weighted by molar-refractivity contribution is 7.13. The summed E-state index contributed by atoms with van der Waals surface area (Å²) in [6.45, 7) is -0.163. The molecule has 0 unspecified atom stereocenters. The number of esters is 2. The Morgan fingerprint density at radius 1 is 1.00 bits per heavy atom. The number of nitrogens with zero attached hydrogens (tertiary/aromatic N) is 1. The Morgan fingerprint density at radius 3 is 2.41 bits per heavy atom. The second-order valence-electron chi connectivity index (χ2n) is 5.95. The Labute approximate surface area is 171 Å². The summed E-state index contributed by atoms with van der Waals surface area (Å²) in [6.07, 6.45) is 0. The summed E-state index contributed by atoms with van der Waals surface area (Å²) in [5.41, 5.74) is 2.30. The minimum Gasteiger partial charge on any atom is -0.465 e. The Morgan fingerprint density at radius 2 is 1.72 bits per heavy atom. The molecule has 1 N–H and O–H groups in total. The van der Waals surface area contributed by atoms with Crippen LogP contribution in [0.2, 0.25) is 0 Å². The van der Waals surface area contributed by atoms with Gasteiger partial charge in [-0.1, -0.05) is 42.5 Å². The fourth-order valence-corrected chi connectivity index (χ4v) is 3.21. The number of thiazole rings is 1. The molecule has 0 radical (unpaired) electrons. The van der Waals surface area contributed by atoms with Gasteiger partial charge in [0.1, 0.15) is 5.01 Å². The van der Waals surface area contributed by atoms with Gasteiger partial charge in [-0.2, -0.15) is 0 Å². The van der Waals surface area contributed by atoms with E-state index in [9.17, 15) is 14.4 Å². The molecule has 1 heterocycles. The molecule has 0 fully saturated rings. The monoisotopic (exact) mass is 410 g/mol. The smallest absolute Gasteiger partial charge is 0.358 e. The molecule has 0 aliphatic heterocycles. The van der Waals surface area contributed by atoms with Gasteiger partial charge in [0.15, 0.2) is 12.3 Å². The SMILES string of the molecule is COC(=O)c1ccc(CNC(=O)COC(=O)c2csc(-c3ccccc3)n2)cc1. The van der Waals surface area contributed by atoms with Crippen LogP contribution >= 0.6 is 11.3 Å². The first-order valence-corrected chi connectivity index (χ1v) is 9.57. The van der Waals surface area contributed by atoms with Crippen molar-refractivity contribution in [3.05, 3.63) is 76.8 Å². The Hall–Kier alpha value is -3.52. The zero-order valence-corrected chi connectivity index (χ0v) is 16.4. The van der Waals surface area contributed by atoms with Gasteiger partial charge in [0.05, 0.1) is 12.7 Å². The number of carbonyl (C=O) groups excluding carboxylic acids is 3. The molecule has 0 aliphatic rings. The molecule has 0 saturated carbocycles. The second kappa shape index (κ2) is 9.61. The van der Waals surface area contributed by atoms with Gasteiger partial charge in [0.25, 0.3) is 5.91 Å². The van der Waals surface area contributed by atoms with Gasteiger partial charge in [-0.3, -0.25) is 4.79 Å². The standard InChI is InChI=1S/C21H18N2O5S/c1-27-20(25)16-9-7-14(8-10-16)11-22-18(24)12-28-21(26)17-13-29-19(23-17)15-5-3-2-4-6-15/h2-10,13H,11-12H2,1H3,(H,22,24). The van der Waals surface area contributed by atoms with E-state index in [1.807, 2.05) is 30.3 Å². The lowest BCUT2D eigenvalue weighted by Gasteiger charge is -2.06. The van der Waals surface area contributed by atoms with E-state index < -0.39 is 24.5 Å². The van der Waals surface area contributed by atoms with Crippen LogP contribution in [0.15, 0.2) is 60.0 Å². The van der Waals surface area contributed by atoms with Gasteiger partial charge in [0.2, 0.25) is 0 Å². The first-order chi connectivity index (χ1) is 14.1. The van der Waals surface area contributed by atoms with E-state index in [-0.39, 0.29) is 12.2 Å². The van der Waals surface area contributed by atoms with Crippen LogP contribution in [0.3, 0.4) is 0 Å². The third-order valence-electron chi connectivity index (χ3n) is 3.93. The van der Waals surface area contributed by atoms with Crippen molar-refractivity contribution in [2.45, 2.75) is 6.54 Å². The first-order valence-electron chi connectivity index (χ1n) is 8.69. The van der Waals surface area contributed by atoms with Crippen LogP contribution in [0.25, 0.3) is 10.6 Å². The van der Waals surface area contributed by atoms with Crippen LogP contribution in [0.1, 0.15) is 26.4 Å². The third-order valence-corrected chi connectivity index (χ3v) is 4.82. The molecule has 29 heavy (non-hydrogen) atoms. The third kappa shape index (κ3) is 5.49. The van der Waals surface area contributed by atoms with Crippen molar-refractivity contribution in [1.29, 1.82) is 0 Å². The maximum absolute atomic E-state index is 12.1. The predicted molar refractivity (Wildman–Crippen MR) is 107 cm³/mol. The highest BCUT2D eigenvalue weighted by Crippen LogP contribution is 2.23. The van der Waals surface area contributed by atoms with Gasteiger partial charge in [-0.15, -0.1) is 11.3 Å². The fraction of sp³-hybridized carbons (Fsp3) is 0.143. The van der Waals surface area contributed by atoms with E-state index in [1.54, 1.807) is 29.6 Å². The molecule has 0 bridgehead atoms. The second-order valence-corrected chi connectivity index (χ2v) is 6.80. The van der Waals surface area contributed by atoms with Crippen molar-refractivity contribution in [1.82, 2.24) is 10.3 Å². The molecule has 0 spiro atoms. The van der Waals surface area contributed by atoms with Crippen LogP contribution < -0.4 is 5.32 Å². The van der Waals surface area contributed by atoms with Gasteiger partial charge in [-0.25, -0.2) is 14.6 Å². The van der Waals surface area contributed by atoms with Gasteiger partial charge >= 0.3 is 11.9 Å². The van der Waals surface area contributed by atoms with Gasteiger partial charge in [0, 0.05) is 17.5 Å². The maximum Gasteiger partial charge on any atom is 0.358 e. The summed E-state index contributed by atoms with van der Waals surface area (Å²) in [5, 5.41) is 4.96. The summed E-state index contributed by atoms with van der Waals surface area (Å²) in [4.78, 5) is 39.7. The highest BCUT2D eigenvalue weighted by Gasteiger charge is 2.15. The van der Waals surface area contributed by atoms with Gasteiger partial charge < -0.3 is 14.8 Å². The van der Waals surface area contributed by atoms with Crippen LogP contribution in [0.4, 0.5) is 0 Å². The molecule has 0 aliphatic carbocycles. The molecule has 1 amide bonds. The number of carbonyl (C=O) groups is 3. The lowest BCUT2D eigenvalue weighted by Crippen LogP contribution is -2.28. The lowest BCUT2D eigenvalue weighted by atomic mass is 10.1. The highest BCUT2D eigenvalue weighted by atomic mass is 32.1. The fourth-order valence-electron chi connectivity index (χ4n) is 2.41. The zero-order chi connectivity index (χ0) is 20.6. The average Bonchev–Trinajstić information content (AvgIpc) is 3.27. The van der Waals surface area contributed by atoms with Crippen LogP contribution in [0.5, 0.6) is 0 Å². The minimum atomic E-state index is -0.652. The van der Waals surface area contributed by atoms with Crippen molar-refractivity contribution in [2.24, 2.45) is 0 Å². The minimum absolute atomic E-state index is 0.167. The number of hydrogen-bond donors (Lipinski definition) is 1. The van der Waals surface area contributed by atoms with E-state index in [1.165, 1.54) is 18.4 Å². The number of ether oxygens (including phenoxy) is 2. The maximum atomic E-state index is 12.1. The average molecular weight is 410 g/mol. The van der Waals surface area contributed by atoms with E-state index >= 15 is 0 Å². The van der Waals surface area contributed by atoms with Crippen LogP contribution in [-0.4, -0.2) is 36.5 Å². The van der Waals surface area contributed by atoms with E-state index in [4.69, 9.17) is 4.74 Å². The van der Waals surface area contributed by atoms with E-state index in [2.05, 4.69) is 15.0 Å². The first kappa shape index (κ1) is 20.2. The summed E-state index contributed by atoms with van der Waals surface area (Å²) >= 11 is 1.33. The molecule has 0 atom stereocenters. The molecule has 0 saturated heterocycles. The van der Waals surface area contributed by atoms with Crippen molar-refractivity contribution < 1.29 is 23.9 Å². The Bertz CT molecular complexity index is 999. The molecule has 3 rings (SSSR count). The van der Waals surface area contributed by atoms with Crippen molar-refractivity contribution >= 4 is 29.2 Å². The molecule has 3 aromatic rings. The normalized spacial score (nSPS) is 10.2. The number of rotatable bonds is 7. The number of hydrogen-bond acceptors (Lipinski definition) is 7. The Balaban J connectivity index is 1.46. The largest absolute Gasteiger partial charge is 0.465 e. The van der Waals surface area contributed by atoms with Crippen LogP contribution in [-0.2, 0) is 20.8 Å². The molecule has 148 valence electrons. The number of benzene rings is 2. The summed E-state index contributed by atoms with van der Waals surface area (Å²) in [6, 6.07) is 16.1. The van der Waals surface area contributed by atoms with E-state index in [0.717, 1.165) is 11.1 Å². The summed E-state index contributed by atoms with van der Waals surface area (Å²) in [7, 11) is 1.31. The number of aromatic nitrogens is 1. The topological polar surface area (TPSA) is 94.6 Å². The zero-order valence-electron chi connectivity index (χ0n) is 15.6. The molecule has 7 nitrogen and oxygen atoms in total. The number of nitrogens with one attached hydrogen (secondary N) is 1. The predicted octanol–water partition coefficient (Wildman–Crippen LogP) is 3.07.